The average Bonchev–Trinajstić information content (AvgIpc) is 2.70. The first-order valence-corrected chi connectivity index (χ1v) is 12.0. The van der Waals surface area contributed by atoms with E-state index in [4.69, 9.17) is 0 Å². The lowest BCUT2D eigenvalue weighted by Gasteiger charge is -2.31. The van der Waals surface area contributed by atoms with E-state index in [2.05, 4.69) is 21.0 Å². The molecule has 0 aromatic heterocycles. The van der Waals surface area contributed by atoms with Gasteiger partial charge in [-0.1, -0.05) is 54.6 Å². The number of halogens is 1. The standard InChI is InChI=1S/C24H22BrN2O2P/c1-17-7-5-10-20(15-17)26-30(28,29)27(21-11-6-8-18(2)16-21)23-14-13-19-9-3-4-12-22(19)24(23)25/h3-16H,1-2H3,(H2,26,28,29). The Kier molecular flexibility index (Phi) is 5.70. The zero-order valence-electron chi connectivity index (χ0n) is 16.7. The summed E-state index contributed by atoms with van der Waals surface area (Å²) in [7, 11) is -4.06. The third kappa shape index (κ3) is 4.15. The van der Waals surface area contributed by atoms with E-state index >= 15 is 0 Å². The van der Waals surface area contributed by atoms with Crippen LogP contribution in [0.3, 0.4) is 0 Å². The van der Waals surface area contributed by atoms with Gasteiger partial charge in [0.05, 0.1) is 11.4 Å². The SMILES string of the molecule is Cc1cccc(NP(=O)(O)N(c2cccc(C)c2)c2ccc3ccccc3c2Br)c1. The zero-order valence-corrected chi connectivity index (χ0v) is 19.2. The van der Waals surface area contributed by atoms with Crippen molar-refractivity contribution >= 4 is 51.4 Å². The second-order valence-electron chi connectivity index (χ2n) is 7.30. The molecule has 4 aromatic carbocycles. The summed E-state index contributed by atoms with van der Waals surface area (Å²) in [4.78, 5) is 11.3. The quantitative estimate of drug-likeness (QED) is 0.289. The van der Waals surface area contributed by atoms with Crippen LogP contribution in [0.5, 0.6) is 0 Å². The maximum Gasteiger partial charge on any atom is 0.396 e. The molecular weight excluding hydrogens is 459 g/mol. The molecule has 0 amide bonds. The van der Waals surface area contributed by atoms with Gasteiger partial charge in [0, 0.05) is 10.2 Å². The molecule has 0 bridgehead atoms. The van der Waals surface area contributed by atoms with Gasteiger partial charge in [-0.15, -0.1) is 0 Å². The van der Waals surface area contributed by atoms with E-state index in [-0.39, 0.29) is 0 Å². The van der Waals surface area contributed by atoms with Crippen molar-refractivity contribution in [1.82, 2.24) is 0 Å². The van der Waals surface area contributed by atoms with Crippen LogP contribution in [-0.4, -0.2) is 4.89 Å². The molecule has 6 heteroatoms. The third-order valence-corrected chi connectivity index (χ3v) is 7.25. The Hall–Kier alpha value is -2.59. The lowest BCUT2D eigenvalue weighted by atomic mass is 10.1. The molecular formula is C24H22BrN2O2P. The van der Waals surface area contributed by atoms with Crippen LogP contribution in [0.25, 0.3) is 10.8 Å². The maximum absolute atomic E-state index is 13.7. The van der Waals surface area contributed by atoms with Crippen molar-refractivity contribution in [2.75, 3.05) is 9.76 Å². The summed E-state index contributed by atoms with van der Waals surface area (Å²) < 4.78 is 16.0. The van der Waals surface area contributed by atoms with Gasteiger partial charge in [-0.05, 0) is 82.0 Å². The average molecular weight is 481 g/mol. The second kappa shape index (κ2) is 8.27. The van der Waals surface area contributed by atoms with E-state index < -0.39 is 7.67 Å². The molecule has 0 aliphatic heterocycles. The van der Waals surface area contributed by atoms with Crippen molar-refractivity contribution in [2.45, 2.75) is 13.8 Å². The molecule has 0 aliphatic rings. The van der Waals surface area contributed by atoms with Crippen LogP contribution < -0.4 is 9.76 Å². The largest absolute Gasteiger partial charge is 0.396 e. The summed E-state index contributed by atoms with van der Waals surface area (Å²) in [5.41, 5.74) is 3.86. The molecule has 1 unspecified atom stereocenters. The van der Waals surface area contributed by atoms with Crippen LogP contribution in [-0.2, 0) is 4.57 Å². The Labute approximate surface area is 184 Å². The number of hydrogen-bond acceptors (Lipinski definition) is 1. The van der Waals surface area contributed by atoms with E-state index in [9.17, 15) is 9.46 Å². The summed E-state index contributed by atoms with van der Waals surface area (Å²) in [6, 6.07) is 26.8. The predicted molar refractivity (Wildman–Crippen MR) is 130 cm³/mol. The Balaban J connectivity index is 1.89. The van der Waals surface area contributed by atoms with Gasteiger partial charge in [-0.2, -0.15) is 0 Å². The van der Waals surface area contributed by atoms with E-state index in [0.29, 0.717) is 17.1 Å². The highest BCUT2D eigenvalue weighted by molar-refractivity contribution is 9.10. The summed E-state index contributed by atoms with van der Waals surface area (Å²) >= 11 is 3.69. The number of benzene rings is 4. The fourth-order valence-electron chi connectivity index (χ4n) is 3.52. The first-order chi connectivity index (χ1) is 14.3. The summed E-state index contributed by atoms with van der Waals surface area (Å²) in [5, 5.41) is 4.89. The van der Waals surface area contributed by atoms with E-state index in [1.807, 2.05) is 92.7 Å². The first kappa shape index (κ1) is 20.7. The summed E-state index contributed by atoms with van der Waals surface area (Å²) in [6.07, 6.45) is 0. The molecule has 0 saturated heterocycles. The predicted octanol–water partition coefficient (Wildman–Crippen LogP) is 7.57. The molecule has 0 aliphatic carbocycles. The number of aryl methyl sites for hydroxylation is 2. The molecule has 0 saturated carbocycles. The van der Waals surface area contributed by atoms with Gasteiger partial charge >= 0.3 is 7.67 Å². The van der Waals surface area contributed by atoms with Crippen LogP contribution in [0.2, 0.25) is 0 Å². The minimum Gasteiger partial charge on any atom is -0.313 e. The molecule has 30 heavy (non-hydrogen) atoms. The highest BCUT2D eigenvalue weighted by Crippen LogP contribution is 2.55. The molecule has 4 nitrogen and oxygen atoms in total. The van der Waals surface area contributed by atoms with Crippen molar-refractivity contribution in [3.63, 3.8) is 0 Å². The number of anilines is 3. The second-order valence-corrected chi connectivity index (χ2v) is 9.80. The number of nitrogens with one attached hydrogen (secondary N) is 1. The Morgan fingerprint density at radius 3 is 2.30 bits per heavy atom. The smallest absolute Gasteiger partial charge is 0.313 e. The molecule has 4 rings (SSSR count). The molecule has 2 N–H and O–H groups in total. The molecule has 0 radical (unpaired) electrons. The Morgan fingerprint density at radius 2 is 1.57 bits per heavy atom. The van der Waals surface area contributed by atoms with Gasteiger partial charge in [0.15, 0.2) is 0 Å². The van der Waals surface area contributed by atoms with E-state index in [1.54, 1.807) is 6.07 Å². The van der Waals surface area contributed by atoms with Crippen molar-refractivity contribution in [3.8, 4) is 0 Å². The molecule has 0 heterocycles. The number of fused-ring (bicyclic) bond motifs is 1. The van der Waals surface area contributed by atoms with Gasteiger partial charge < -0.3 is 4.89 Å². The van der Waals surface area contributed by atoms with Crippen molar-refractivity contribution in [3.05, 3.63) is 101 Å². The zero-order chi connectivity index (χ0) is 21.3. The van der Waals surface area contributed by atoms with Crippen LogP contribution in [0, 0.1) is 13.8 Å². The lowest BCUT2D eigenvalue weighted by molar-refractivity contribution is 0.484. The minimum atomic E-state index is -4.06. The van der Waals surface area contributed by atoms with Crippen LogP contribution >= 0.6 is 23.6 Å². The minimum absolute atomic E-state index is 0.593. The van der Waals surface area contributed by atoms with Gasteiger partial charge in [-0.25, -0.2) is 4.57 Å². The normalized spacial score (nSPS) is 13.1. The molecule has 152 valence electrons. The number of nitrogens with zero attached hydrogens (tertiary/aromatic N) is 1. The molecule has 0 fully saturated rings. The van der Waals surface area contributed by atoms with E-state index in [1.165, 1.54) is 4.67 Å². The van der Waals surface area contributed by atoms with Crippen LogP contribution in [0.15, 0.2) is 89.4 Å². The fraction of sp³-hybridized carbons (Fsp3) is 0.0833. The summed E-state index contributed by atoms with van der Waals surface area (Å²) in [5.74, 6) is 0. The summed E-state index contributed by atoms with van der Waals surface area (Å²) in [6.45, 7) is 3.92. The fourth-order valence-corrected chi connectivity index (χ4v) is 5.80. The van der Waals surface area contributed by atoms with Crippen molar-refractivity contribution in [1.29, 1.82) is 0 Å². The van der Waals surface area contributed by atoms with Gasteiger partial charge in [0.1, 0.15) is 0 Å². The lowest BCUT2D eigenvalue weighted by Crippen LogP contribution is -2.19. The maximum atomic E-state index is 13.7. The Morgan fingerprint density at radius 1 is 0.867 bits per heavy atom. The monoisotopic (exact) mass is 480 g/mol. The van der Waals surface area contributed by atoms with Crippen molar-refractivity contribution < 1.29 is 9.46 Å². The molecule has 0 spiro atoms. The van der Waals surface area contributed by atoms with Gasteiger partial charge in [-0.3, -0.25) is 9.76 Å². The highest BCUT2D eigenvalue weighted by atomic mass is 79.9. The van der Waals surface area contributed by atoms with Gasteiger partial charge in [0.2, 0.25) is 0 Å². The van der Waals surface area contributed by atoms with Crippen molar-refractivity contribution in [2.24, 2.45) is 0 Å². The van der Waals surface area contributed by atoms with Crippen LogP contribution in [0.1, 0.15) is 11.1 Å². The highest BCUT2D eigenvalue weighted by Gasteiger charge is 2.32. The van der Waals surface area contributed by atoms with Crippen LogP contribution in [0.4, 0.5) is 17.1 Å². The molecule has 1 atom stereocenters. The topological polar surface area (TPSA) is 52.6 Å². The van der Waals surface area contributed by atoms with Gasteiger partial charge in [0.25, 0.3) is 0 Å². The molecule has 4 aromatic rings. The number of rotatable bonds is 5. The third-order valence-electron chi connectivity index (χ3n) is 4.88. The first-order valence-electron chi connectivity index (χ1n) is 9.57. The van der Waals surface area contributed by atoms with E-state index in [0.717, 1.165) is 26.4 Å². The number of hydrogen-bond donors (Lipinski definition) is 2. The Bertz CT molecular complexity index is 1280.